The van der Waals surface area contributed by atoms with Crippen molar-refractivity contribution in [2.45, 2.75) is 26.1 Å². The molecule has 1 atom stereocenters. The number of hydrogen-bond acceptors (Lipinski definition) is 5. The predicted molar refractivity (Wildman–Crippen MR) is 150 cm³/mol. The van der Waals surface area contributed by atoms with Gasteiger partial charge in [0.1, 0.15) is 18.1 Å². The Morgan fingerprint density at radius 2 is 1.74 bits per heavy atom. The molecule has 0 spiro atoms. The monoisotopic (exact) mass is 558 g/mol. The molecule has 0 radical (unpaired) electrons. The van der Waals surface area contributed by atoms with E-state index in [1.165, 1.54) is 4.90 Å². The largest absolute Gasteiger partial charge is 0.507 e. The fraction of sp³-hybridized carbons (Fsp3) is 0.129. The van der Waals surface area contributed by atoms with Gasteiger partial charge >= 0.3 is 0 Å². The molecule has 1 aromatic heterocycles. The van der Waals surface area contributed by atoms with Gasteiger partial charge in [-0.2, -0.15) is 0 Å². The summed E-state index contributed by atoms with van der Waals surface area (Å²) in [5, 5.41) is 12.1. The summed E-state index contributed by atoms with van der Waals surface area (Å²) < 4.78 is 5.96. The molecule has 1 aliphatic heterocycles. The molecule has 1 N–H and O–H groups in total. The van der Waals surface area contributed by atoms with Crippen LogP contribution in [0.3, 0.4) is 0 Å². The number of carbonyl (C=O) groups excluding carboxylic acids is 2. The van der Waals surface area contributed by atoms with E-state index in [1.54, 1.807) is 54.9 Å². The number of aliphatic hydroxyl groups excluding tert-OH is 1. The number of nitrogens with zero attached hydrogens (tertiary/aromatic N) is 2. The predicted octanol–water partition coefficient (Wildman–Crippen LogP) is 6.90. The maximum absolute atomic E-state index is 13.4. The fourth-order valence-corrected chi connectivity index (χ4v) is 5.14. The molecule has 3 aromatic carbocycles. The normalized spacial score (nSPS) is 16.5. The van der Waals surface area contributed by atoms with Crippen molar-refractivity contribution in [3.63, 3.8) is 0 Å². The first-order chi connectivity index (χ1) is 18.8. The van der Waals surface area contributed by atoms with E-state index < -0.39 is 17.7 Å². The number of ketones is 1. The van der Waals surface area contributed by atoms with Gasteiger partial charge in [-0.25, -0.2) is 0 Å². The highest BCUT2D eigenvalue weighted by Crippen LogP contribution is 2.43. The SMILES string of the molecule is Cc1cc(C(O)=C2C(=O)C(=O)N(Cc3cccnc3)[C@@H]2c2ccc(Cl)cc2Cl)ccc1OCc1ccccc1. The first kappa shape index (κ1) is 26.5. The molecular formula is C31H24Cl2N2O4. The number of Topliss-reactive ketones (excluding diaryl/α,β-unsaturated/α-hetero) is 1. The van der Waals surface area contributed by atoms with E-state index in [0.717, 1.165) is 16.7 Å². The minimum atomic E-state index is -0.927. The third-order valence-electron chi connectivity index (χ3n) is 6.56. The molecule has 0 saturated carbocycles. The molecule has 5 rings (SSSR count). The molecule has 2 heterocycles. The Bertz CT molecular complexity index is 1570. The molecular weight excluding hydrogens is 535 g/mol. The summed E-state index contributed by atoms with van der Waals surface area (Å²) in [4.78, 5) is 32.2. The van der Waals surface area contributed by atoms with Gasteiger partial charge in [-0.05, 0) is 65.6 Å². The van der Waals surface area contributed by atoms with Crippen LogP contribution in [-0.4, -0.2) is 26.7 Å². The minimum Gasteiger partial charge on any atom is -0.507 e. The summed E-state index contributed by atoms with van der Waals surface area (Å²) in [5.74, 6) is -1.19. The number of ether oxygens (including phenoxy) is 1. The topological polar surface area (TPSA) is 79.7 Å². The van der Waals surface area contributed by atoms with Crippen LogP contribution in [0.5, 0.6) is 5.75 Å². The molecule has 1 fully saturated rings. The van der Waals surface area contributed by atoms with Crippen molar-refractivity contribution >= 4 is 40.7 Å². The first-order valence-corrected chi connectivity index (χ1v) is 13.0. The number of carbonyl (C=O) groups is 2. The van der Waals surface area contributed by atoms with Gasteiger partial charge in [0.2, 0.25) is 0 Å². The number of aromatic nitrogens is 1. The zero-order valence-corrected chi connectivity index (χ0v) is 22.5. The van der Waals surface area contributed by atoms with Crippen molar-refractivity contribution < 1.29 is 19.4 Å². The van der Waals surface area contributed by atoms with Gasteiger partial charge in [0.05, 0.1) is 11.6 Å². The average molecular weight is 559 g/mol. The third-order valence-corrected chi connectivity index (χ3v) is 7.12. The Balaban J connectivity index is 1.54. The zero-order chi connectivity index (χ0) is 27.5. The summed E-state index contributed by atoms with van der Waals surface area (Å²) in [5.41, 5.74) is 3.33. The highest BCUT2D eigenvalue weighted by Gasteiger charge is 2.46. The van der Waals surface area contributed by atoms with E-state index in [0.29, 0.717) is 28.5 Å². The van der Waals surface area contributed by atoms with Crippen molar-refractivity contribution in [3.05, 3.63) is 135 Å². The number of aryl methyl sites for hydroxylation is 1. The summed E-state index contributed by atoms with van der Waals surface area (Å²) in [7, 11) is 0. The van der Waals surface area contributed by atoms with E-state index in [1.807, 2.05) is 43.3 Å². The van der Waals surface area contributed by atoms with Crippen molar-refractivity contribution in [3.8, 4) is 5.75 Å². The Labute approximate surface area is 236 Å². The third kappa shape index (κ3) is 5.53. The van der Waals surface area contributed by atoms with Crippen LogP contribution in [0.25, 0.3) is 5.76 Å². The molecule has 1 amide bonds. The number of pyridine rings is 1. The zero-order valence-electron chi connectivity index (χ0n) is 21.0. The van der Waals surface area contributed by atoms with Gasteiger partial charge in [-0.15, -0.1) is 0 Å². The van der Waals surface area contributed by atoms with Crippen LogP contribution in [0, 0.1) is 6.92 Å². The lowest BCUT2D eigenvalue weighted by Crippen LogP contribution is -2.29. The van der Waals surface area contributed by atoms with Gasteiger partial charge in [-0.3, -0.25) is 14.6 Å². The van der Waals surface area contributed by atoms with Crippen LogP contribution in [0.4, 0.5) is 0 Å². The average Bonchev–Trinajstić information content (AvgIpc) is 3.18. The van der Waals surface area contributed by atoms with E-state index in [9.17, 15) is 14.7 Å². The Morgan fingerprint density at radius 1 is 0.974 bits per heavy atom. The molecule has 196 valence electrons. The van der Waals surface area contributed by atoms with Crippen LogP contribution in [0.2, 0.25) is 10.0 Å². The van der Waals surface area contributed by atoms with Crippen LogP contribution in [0.15, 0.2) is 96.8 Å². The van der Waals surface area contributed by atoms with E-state index in [-0.39, 0.29) is 22.9 Å². The maximum atomic E-state index is 13.4. The Hall–Kier alpha value is -4.13. The lowest BCUT2D eigenvalue weighted by molar-refractivity contribution is -0.140. The second-order valence-corrected chi connectivity index (χ2v) is 10.1. The Kier molecular flexibility index (Phi) is 7.68. The quantitative estimate of drug-likeness (QED) is 0.151. The number of benzene rings is 3. The number of hydrogen-bond donors (Lipinski definition) is 1. The second-order valence-electron chi connectivity index (χ2n) is 9.21. The Morgan fingerprint density at radius 3 is 2.44 bits per heavy atom. The smallest absolute Gasteiger partial charge is 0.295 e. The number of rotatable bonds is 7. The fourth-order valence-electron chi connectivity index (χ4n) is 4.63. The van der Waals surface area contributed by atoms with Crippen molar-refractivity contribution in [1.29, 1.82) is 0 Å². The summed E-state index contributed by atoms with van der Waals surface area (Å²) in [6.07, 6.45) is 3.25. The highest BCUT2D eigenvalue weighted by molar-refractivity contribution is 6.47. The number of halogens is 2. The molecule has 8 heteroatoms. The molecule has 1 aliphatic rings. The van der Waals surface area contributed by atoms with Gasteiger partial charge in [0, 0.05) is 34.5 Å². The van der Waals surface area contributed by atoms with E-state index >= 15 is 0 Å². The van der Waals surface area contributed by atoms with Crippen molar-refractivity contribution in [2.24, 2.45) is 0 Å². The molecule has 6 nitrogen and oxygen atoms in total. The van der Waals surface area contributed by atoms with Crippen molar-refractivity contribution in [1.82, 2.24) is 9.88 Å². The summed E-state index contributed by atoms with van der Waals surface area (Å²) in [6, 6.07) is 22.4. The van der Waals surface area contributed by atoms with Crippen LogP contribution in [-0.2, 0) is 22.7 Å². The lowest BCUT2D eigenvalue weighted by Gasteiger charge is -2.26. The first-order valence-electron chi connectivity index (χ1n) is 12.2. The molecule has 0 unspecified atom stereocenters. The van der Waals surface area contributed by atoms with Crippen LogP contribution >= 0.6 is 23.2 Å². The minimum absolute atomic E-state index is 0.0505. The maximum Gasteiger partial charge on any atom is 0.295 e. The highest BCUT2D eigenvalue weighted by atomic mass is 35.5. The van der Waals surface area contributed by atoms with Crippen molar-refractivity contribution in [2.75, 3.05) is 0 Å². The second kappa shape index (κ2) is 11.3. The molecule has 4 aromatic rings. The molecule has 0 bridgehead atoms. The standard InChI is InChI=1S/C31H24Cl2N2O4/c1-19-14-22(9-12-26(19)39-18-20-6-3-2-4-7-20)29(36)27-28(24-11-10-23(32)15-25(24)33)35(31(38)30(27)37)17-21-8-5-13-34-16-21/h2-16,28,36H,17-18H2,1H3/t28-/m1/s1. The molecule has 39 heavy (non-hydrogen) atoms. The lowest BCUT2D eigenvalue weighted by atomic mass is 9.94. The van der Waals surface area contributed by atoms with Gasteiger partial charge in [0.25, 0.3) is 11.7 Å². The van der Waals surface area contributed by atoms with E-state index in [2.05, 4.69) is 4.98 Å². The van der Waals surface area contributed by atoms with Gasteiger partial charge in [0.15, 0.2) is 0 Å². The summed E-state index contributed by atoms with van der Waals surface area (Å²) in [6.45, 7) is 2.34. The van der Waals surface area contributed by atoms with E-state index in [4.69, 9.17) is 27.9 Å². The van der Waals surface area contributed by atoms with Crippen LogP contribution in [0.1, 0.15) is 33.9 Å². The van der Waals surface area contributed by atoms with Gasteiger partial charge in [-0.1, -0.05) is 65.7 Å². The number of aliphatic hydroxyl groups is 1. The number of likely N-dealkylation sites (tertiary alicyclic amines) is 1. The number of amides is 1. The summed E-state index contributed by atoms with van der Waals surface area (Å²) >= 11 is 12.7. The van der Waals surface area contributed by atoms with Gasteiger partial charge < -0.3 is 14.7 Å². The molecule has 1 saturated heterocycles. The molecule has 0 aliphatic carbocycles. The van der Waals surface area contributed by atoms with Crippen LogP contribution < -0.4 is 4.74 Å².